The fourth-order valence-electron chi connectivity index (χ4n) is 3.60. The lowest BCUT2D eigenvalue weighted by Crippen LogP contribution is -2.48. The van der Waals surface area contributed by atoms with Gasteiger partial charge in [-0.15, -0.1) is 0 Å². The minimum Gasteiger partial charge on any atom is -0.375 e. The van der Waals surface area contributed by atoms with Crippen molar-refractivity contribution in [2.75, 3.05) is 13.2 Å². The number of hydrogen-bond donors (Lipinski definition) is 0. The molecule has 2 nitrogen and oxygen atoms in total. The van der Waals surface area contributed by atoms with Crippen LogP contribution in [0, 0.1) is 16.2 Å². The molecule has 2 heteroatoms. The molecule has 2 rings (SSSR count). The molecule has 0 radical (unpaired) electrons. The van der Waals surface area contributed by atoms with Gasteiger partial charge in [0.25, 0.3) is 0 Å². The summed E-state index contributed by atoms with van der Waals surface area (Å²) in [5.74, 6) is 0. The Morgan fingerprint density at radius 3 is 2.24 bits per heavy atom. The molecule has 3 atom stereocenters. The summed E-state index contributed by atoms with van der Waals surface area (Å²) in [6.07, 6.45) is 2.90. The summed E-state index contributed by atoms with van der Waals surface area (Å²) >= 11 is 0. The summed E-state index contributed by atoms with van der Waals surface area (Å²) in [5.41, 5.74) is 0.716. The predicted octanol–water partition coefficient (Wildman–Crippen LogP) is 3.64. The van der Waals surface area contributed by atoms with Crippen LogP contribution in [0.25, 0.3) is 0 Å². The van der Waals surface area contributed by atoms with Crippen LogP contribution in [-0.2, 0) is 9.47 Å². The third-order valence-electron chi connectivity index (χ3n) is 4.48. The van der Waals surface area contributed by atoms with E-state index >= 15 is 0 Å². The molecule has 100 valence electrons. The highest BCUT2D eigenvalue weighted by atomic mass is 16.6. The zero-order valence-corrected chi connectivity index (χ0v) is 12.3. The highest BCUT2D eigenvalue weighted by Crippen LogP contribution is 2.56. The van der Waals surface area contributed by atoms with Crippen LogP contribution in [0.2, 0.25) is 0 Å². The highest BCUT2D eigenvalue weighted by Gasteiger charge is 2.59. The van der Waals surface area contributed by atoms with Crippen molar-refractivity contribution in [3.8, 4) is 0 Å². The molecule has 2 aliphatic rings. The van der Waals surface area contributed by atoms with Gasteiger partial charge in [-0.05, 0) is 23.7 Å². The van der Waals surface area contributed by atoms with Gasteiger partial charge in [-0.3, -0.25) is 0 Å². The molecular formula is C15H28O2. The lowest BCUT2D eigenvalue weighted by atomic mass is 9.58. The highest BCUT2D eigenvalue weighted by molar-refractivity contribution is 5.06. The molecule has 2 fully saturated rings. The quantitative estimate of drug-likeness (QED) is 0.696. The van der Waals surface area contributed by atoms with Crippen molar-refractivity contribution in [2.24, 2.45) is 16.2 Å². The second kappa shape index (κ2) is 3.96. The van der Waals surface area contributed by atoms with E-state index in [1.54, 1.807) is 0 Å². The Morgan fingerprint density at radius 2 is 1.71 bits per heavy atom. The Hall–Kier alpha value is -0.0800. The number of ether oxygens (including phenoxy) is 2. The van der Waals surface area contributed by atoms with E-state index in [-0.39, 0.29) is 10.8 Å². The fraction of sp³-hybridized carbons (Fsp3) is 1.00. The first-order chi connectivity index (χ1) is 7.66. The minimum absolute atomic E-state index is 0.173. The van der Waals surface area contributed by atoms with E-state index in [2.05, 4.69) is 41.5 Å². The Labute approximate surface area is 106 Å². The molecule has 0 aromatic rings. The summed E-state index contributed by atoms with van der Waals surface area (Å²) in [7, 11) is 0. The van der Waals surface area contributed by atoms with Gasteiger partial charge in [0.15, 0.2) is 0 Å². The van der Waals surface area contributed by atoms with Gasteiger partial charge in [-0.25, -0.2) is 0 Å². The Morgan fingerprint density at radius 1 is 1.06 bits per heavy atom. The van der Waals surface area contributed by atoms with E-state index in [4.69, 9.17) is 9.47 Å². The molecule has 0 amide bonds. The van der Waals surface area contributed by atoms with Crippen LogP contribution >= 0.6 is 0 Å². The molecule has 0 saturated carbocycles. The van der Waals surface area contributed by atoms with Crippen molar-refractivity contribution in [3.63, 3.8) is 0 Å². The van der Waals surface area contributed by atoms with Crippen LogP contribution in [0.15, 0.2) is 0 Å². The summed E-state index contributed by atoms with van der Waals surface area (Å²) in [6.45, 7) is 15.7. The van der Waals surface area contributed by atoms with Gasteiger partial charge in [0.05, 0.1) is 18.8 Å². The van der Waals surface area contributed by atoms with E-state index in [1.165, 1.54) is 6.42 Å². The first-order valence-electron chi connectivity index (χ1n) is 6.89. The van der Waals surface area contributed by atoms with Crippen molar-refractivity contribution < 1.29 is 9.47 Å². The van der Waals surface area contributed by atoms with Crippen LogP contribution < -0.4 is 0 Å². The van der Waals surface area contributed by atoms with Gasteiger partial charge in [-0.2, -0.15) is 0 Å². The van der Waals surface area contributed by atoms with Crippen LogP contribution in [0.3, 0.4) is 0 Å². The smallest absolute Gasteiger partial charge is 0.0920 e. The molecule has 17 heavy (non-hydrogen) atoms. The van der Waals surface area contributed by atoms with Crippen molar-refractivity contribution in [1.29, 1.82) is 0 Å². The molecule has 0 bridgehead atoms. The standard InChI is InChI=1S/C15H28O2/c1-13(2,3)9-15(14(4,5)6)10-17-11-7-8-16-12(11)15/h11-12H,7-10H2,1-6H3. The van der Waals surface area contributed by atoms with Gasteiger partial charge in [0.2, 0.25) is 0 Å². The Balaban J connectivity index is 2.31. The largest absolute Gasteiger partial charge is 0.375 e. The van der Waals surface area contributed by atoms with Gasteiger partial charge in [-0.1, -0.05) is 41.5 Å². The first kappa shape index (κ1) is 13.4. The molecule has 2 aliphatic heterocycles. The maximum atomic E-state index is 6.04. The van der Waals surface area contributed by atoms with Crippen LogP contribution in [0.1, 0.15) is 54.4 Å². The van der Waals surface area contributed by atoms with Crippen molar-refractivity contribution in [2.45, 2.75) is 66.6 Å². The number of fused-ring (bicyclic) bond motifs is 1. The molecule has 0 spiro atoms. The summed E-state index contributed by atoms with van der Waals surface area (Å²) in [6, 6.07) is 0. The Bertz CT molecular complexity index is 284. The number of rotatable bonds is 1. The van der Waals surface area contributed by atoms with E-state index < -0.39 is 0 Å². The lowest BCUT2D eigenvalue weighted by Gasteiger charge is -2.47. The van der Waals surface area contributed by atoms with Crippen molar-refractivity contribution >= 4 is 0 Å². The zero-order chi connectivity index (χ0) is 12.9. The molecule has 2 heterocycles. The van der Waals surface area contributed by atoms with E-state index in [0.717, 1.165) is 19.6 Å². The lowest BCUT2D eigenvalue weighted by molar-refractivity contribution is -0.0697. The van der Waals surface area contributed by atoms with Crippen LogP contribution in [0.5, 0.6) is 0 Å². The average molecular weight is 240 g/mol. The normalized spacial score (nSPS) is 38.5. The third-order valence-corrected chi connectivity index (χ3v) is 4.48. The predicted molar refractivity (Wildman–Crippen MR) is 70.1 cm³/mol. The molecular weight excluding hydrogens is 212 g/mol. The zero-order valence-electron chi connectivity index (χ0n) is 12.3. The molecule has 0 aromatic carbocycles. The van der Waals surface area contributed by atoms with Crippen LogP contribution in [0.4, 0.5) is 0 Å². The molecule has 0 aromatic heterocycles. The van der Waals surface area contributed by atoms with Gasteiger partial charge < -0.3 is 9.47 Å². The summed E-state index contributed by atoms with van der Waals surface area (Å²) < 4.78 is 12.1. The van der Waals surface area contributed by atoms with Gasteiger partial charge in [0, 0.05) is 12.0 Å². The average Bonchev–Trinajstić information content (AvgIpc) is 2.64. The molecule has 2 saturated heterocycles. The topological polar surface area (TPSA) is 18.5 Å². The van der Waals surface area contributed by atoms with E-state index in [9.17, 15) is 0 Å². The first-order valence-corrected chi connectivity index (χ1v) is 6.89. The SMILES string of the molecule is CC(C)(C)CC1(C(C)(C)C)COC2CCOC21. The van der Waals surface area contributed by atoms with Crippen molar-refractivity contribution in [3.05, 3.63) is 0 Å². The third kappa shape index (κ3) is 2.26. The molecule has 0 aliphatic carbocycles. The summed E-state index contributed by atoms with van der Waals surface area (Å²) in [5, 5.41) is 0. The monoisotopic (exact) mass is 240 g/mol. The second-order valence-electron chi connectivity index (χ2n) is 8.07. The maximum absolute atomic E-state index is 6.04. The Kier molecular flexibility index (Phi) is 3.11. The van der Waals surface area contributed by atoms with Crippen molar-refractivity contribution in [1.82, 2.24) is 0 Å². The maximum Gasteiger partial charge on any atom is 0.0920 e. The van der Waals surface area contributed by atoms with E-state index in [0.29, 0.717) is 17.6 Å². The number of hydrogen-bond acceptors (Lipinski definition) is 2. The molecule has 3 unspecified atom stereocenters. The fourth-order valence-corrected chi connectivity index (χ4v) is 3.60. The van der Waals surface area contributed by atoms with Gasteiger partial charge in [0.1, 0.15) is 0 Å². The minimum atomic E-state index is 0.173. The summed E-state index contributed by atoms with van der Waals surface area (Å²) in [4.78, 5) is 0. The van der Waals surface area contributed by atoms with E-state index in [1.807, 2.05) is 0 Å². The van der Waals surface area contributed by atoms with Crippen LogP contribution in [-0.4, -0.2) is 25.4 Å². The molecule has 0 N–H and O–H groups in total. The van der Waals surface area contributed by atoms with Gasteiger partial charge >= 0.3 is 0 Å². The second-order valence-corrected chi connectivity index (χ2v) is 8.07.